The van der Waals surface area contributed by atoms with Crippen LogP contribution in [-0.2, 0) is 4.79 Å². The Hall–Kier alpha value is -0.570. The van der Waals surface area contributed by atoms with Gasteiger partial charge in [-0.05, 0) is 37.6 Å². The van der Waals surface area contributed by atoms with Gasteiger partial charge in [0.25, 0.3) is 0 Å². The molecule has 0 aromatic heterocycles. The Labute approximate surface area is 105 Å². The number of nitrogens with zero attached hydrogens (tertiary/aromatic N) is 1. The Morgan fingerprint density at radius 3 is 2.53 bits per heavy atom. The van der Waals surface area contributed by atoms with Gasteiger partial charge in [0.15, 0.2) is 0 Å². The molecule has 3 heteroatoms. The summed E-state index contributed by atoms with van der Waals surface area (Å²) in [7, 11) is 0. The smallest absolute Gasteiger partial charge is 0.222 e. The summed E-state index contributed by atoms with van der Waals surface area (Å²) in [4.78, 5) is 14.2. The first kappa shape index (κ1) is 12.9. The van der Waals surface area contributed by atoms with E-state index in [9.17, 15) is 4.79 Å². The highest BCUT2D eigenvalue weighted by atomic mass is 16.2. The summed E-state index contributed by atoms with van der Waals surface area (Å²) in [6.07, 6.45) is 9.65. The molecule has 1 saturated heterocycles. The zero-order chi connectivity index (χ0) is 12.1. The number of amides is 1. The van der Waals surface area contributed by atoms with E-state index in [2.05, 4.69) is 4.90 Å². The molecule has 0 bridgehead atoms. The average Bonchev–Trinajstić information content (AvgIpc) is 2.89. The van der Waals surface area contributed by atoms with E-state index < -0.39 is 0 Å². The molecule has 0 unspecified atom stereocenters. The molecule has 2 fully saturated rings. The van der Waals surface area contributed by atoms with Crippen LogP contribution in [0.4, 0.5) is 0 Å². The van der Waals surface area contributed by atoms with Crippen molar-refractivity contribution in [3.8, 4) is 0 Å². The summed E-state index contributed by atoms with van der Waals surface area (Å²) in [5.74, 6) is 1.74. The number of hydrogen-bond donors (Lipinski definition) is 1. The summed E-state index contributed by atoms with van der Waals surface area (Å²) in [6, 6.07) is 0. The number of nitrogens with two attached hydrogens (primary N) is 1. The van der Waals surface area contributed by atoms with Crippen molar-refractivity contribution < 1.29 is 4.79 Å². The molecule has 0 radical (unpaired) electrons. The molecule has 1 aliphatic carbocycles. The normalized spacial score (nSPS) is 26.4. The maximum Gasteiger partial charge on any atom is 0.222 e. The van der Waals surface area contributed by atoms with Crippen LogP contribution in [0.5, 0.6) is 0 Å². The molecule has 0 spiro atoms. The lowest BCUT2D eigenvalue weighted by Crippen LogP contribution is -2.42. The number of hydrogen-bond acceptors (Lipinski definition) is 2. The van der Waals surface area contributed by atoms with Crippen LogP contribution in [0.1, 0.15) is 51.4 Å². The zero-order valence-electron chi connectivity index (χ0n) is 10.9. The lowest BCUT2D eigenvalue weighted by molar-refractivity contribution is -0.133. The van der Waals surface area contributed by atoms with E-state index >= 15 is 0 Å². The minimum Gasteiger partial charge on any atom is -0.342 e. The van der Waals surface area contributed by atoms with Gasteiger partial charge in [-0.3, -0.25) is 4.79 Å². The van der Waals surface area contributed by atoms with Crippen molar-refractivity contribution >= 4 is 5.91 Å². The minimum absolute atomic E-state index is 0.370. The van der Waals surface area contributed by atoms with Gasteiger partial charge in [-0.25, -0.2) is 0 Å². The fourth-order valence-electron chi connectivity index (χ4n) is 3.27. The molecule has 1 amide bonds. The Kier molecular flexibility index (Phi) is 4.84. The second-order valence-electron chi connectivity index (χ2n) is 5.77. The number of piperidine rings is 1. The second kappa shape index (κ2) is 6.39. The lowest BCUT2D eigenvalue weighted by Gasteiger charge is -2.32. The zero-order valence-corrected chi connectivity index (χ0v) is 10.9. The molecule has 2 aliphatic rings. The monoisotopic (exact) mass is 238 g/mol. The molecule has 3 nitrogen and oxygen atoms in total. The maximum atomic E-state index is 12.1. The standard InChI is InChI=1S/C14H26N2O/c15-10-13-6-3-9-16(11-13)14(17)8-7-12-4-1-2-5-12/h12-13H,1-11,15H2/t13-/m0/s1. The predicted octanol–water partition coefficient (Wildman–Crippen LogP) is 2.15. The van der Waals surface area contributed by atoms with Crippen molar-refractivity contribution in [3.63, 3.8) is 0 Å². The maximum absolute atomic E-state index is 12.1. The van der Waals surface area contributed by atoms with Crippen molar-refractivity contribution in [1.82, 2.24) is 4.90 Å². The van der Waals surface area contributed by atoms with Crippen molar-refractivity contribution in [2.45, 2.75) is 51.4 Å². The quantitative estimate of drug-likeness (QED) is 0.815. The predicted molar refractivity (Wildman–Crippen MR) is 69.6 cm³/mol. The number of likely N-dealkylation sites (tertiary alicyclic amines) is 1. The SMILES string of the molecule is NC[C@@H]1CCCN(C(=O)CCC2CCCC2)C1. The van der Waals surface area contributed by atoms with E-state index in [-0.39, 0.29) is 0 Å². The van der Waals surface area contributed by atoms with Crippen LogP contribution in [0.3, 0.4) is 0 Å². The van der Waals surface area contributed by atoms with Gasteiger partial charge >= 0.3 is 0 Å². The summed E-state index contributed by atoms with van der Waals surface area (Å²) in [5, 5.41) is 0. The highest BCUT2D eigenvalue weighted by Crippen LogP contribution is 2.29. The largest absolute Gasteiger partial charge is 0.342 e. The Morgan fingerprint density at radius 1 is 1.12 bits per heavy atom. The topological polar surface area (TPSA) is 46.3 Å². The Balaban J connectivity index is 1.71. The van der Waals surface area contributed by atoms with Gasteiger partial charge in [-0.2, -0.15) is 0 Å². The molecular formula is C14H26N2O. The first-order valence-corrected chi connectivity index (χ1v) is 7.27. The third-order valence-electron chi connectivity index (χ3n) is 4.45. The third-order valence-corrected chi connectivity index (χ3v) is 4.45. The van der Waals surface area contributed by atoms with Gasteiger partial charge in [0.05, 0.1) is 0 Å². The molecule has 1 aliphatic heterocycles. The highest BCUT2D eigenvalue weighted by molar-refractivity contribution is 5.76. The Bertz CT molecular complexity index is 249. The lowest BCUT2D eigenvalue weighted by atomic mass is 9.97. The van der Waals surface area contributed by atoms with Crippen LogP contribution in [0.2, 0.25) is 0 Å². The summed E-state index contributed by atoms with van der Waals surface area (Å²) >= 11 is 0. The van der Waals surface area contributed by atoms with Crippen LogP contribution < -0.4 is 5.73 Å². The van der Waals surface area contributed by atoms with Crippen LogP contribution in [0.15, 0.2) is 0 Å². The molecule has 17 heavy (non-hydrogen) atoms. The van der Waals surface area contributed by atoms with Gasteiger partial charge in [-0.1, -0.05) is 25.7 Å². The minimum atomic E-state index is 0.370. The fourth-order valence-corrected chi connectivity index (χ4v) is 3.27. The number of rotatable bonds is 4. The van der Waals surface area contributed by atoms with E-state index in [1.54, 1.807) is 0 Å². The van der Waals surface area contributed by atoms with E-state index in [0.717, 1.165) is 44.8 Å². The van der Waals surface area contributed by atoms with Crippen molar-refractivity contribution in [3.05, 3.63) is 0 Å². The van der Waals surface area contributed by atoms with Crippen LogP contribution >= 0.6 is 0 Å². The van der Waals surface area contributed by atoms with E-state index in [0.29, 0.717) is 11.8 Å². The van der Waals surface area contributed by atoms with E-state index in [1.165, 1.54) is 32.1 Å². The molecule has 1 saturated carbocycles. The van der Waals surface area contributed by atoms with Crippen molar-refractivity contribution in [2.24, 2.45) is 17.6 Å². The molecule has 2 rings (SSSR count). The van der Waals surface area contributed by atoms with Crippen LogP contribution in [0, 0.1) is 11.8 Å². The first-order valence-electron chi connectivity index (χ1n) is 7.27. The molecule has 0 aromatic carbocycles. The van der Waals surface area contributed by atoms with Crippen LogP contribution in [0.25, 0.3) is 0 Å². The highest BCUT2D eigenvalue weighted by Gasteiger charge is 2.23. The summed E-state index contributed by atoms with van der Waals surface area (Å²) in [5.41, 5.74) is 5.70. The van der Waals surface area contributed by atoms with Gasteiger partial charge in [0, 0.05) is 19.5 Å². The van der Waals surface area contributed by atoms with Gasteiger partial charge in [-0.15, -0.1) is 0 Å². The van der Waals surface area contributed by atoms with Gasteiger partial charge in [0.2, 0.25) is 5.91 Å². The molecule has 1 atom stereocenters. The molecular weight excluding hydrogens is 212 g/mol. The number of carbonyl (C=O) groups excluding carboxylic acids is 1. The van der Waals surface area contributed by atoms with Crippen molar-refractivity contribution in [2.75, 3.05) is 19.6 Å². The van der Waals surface area contributed by atoms with Gasteiger partial charge in [0.1, 0.15) is 0 Å². The summed E-state index contributed by atoms with van der Waals surface area (Å²) in [6.45, 7) is 2.59. The van der Waals surface area contributed by atoms with Crippen LogP contribution in [-0.4, -0.2) is 30.4 Å². The third kappa shape index (κ3) is 3.70. The Morgan fingerprint density at radius 2 is 1.82 bits per heavy atom. The first-order chi connectivity index (χ1) is 8.29. The van der Waals surface area contributed by atoms with E-state index in [1.807, 2.05) is 0 Å². The van der Waals surface area contributed by atoms with Gasteiger partial charge < -0.3 is 10.6 Å². The van der Waals surface area contributed by atoms with Crippen molar-refractivity contribution in [1.29, 1.82) is 0 Å². The molecule has 98 valence electrons. The fraction of sp³-hybridized carbons (Fsp3) is 0.929. The average molecular weight is 238 g/mol. The summed E-state index contributed by atoms with van der Waals surface area (Å²) < 4.78 is 0. The van der Waals surface area contributed by atoms with E-state index in [4.69, 9.17) is 5.73 Å². The molecule has 2 N–H and O–H groups in total. The second-order valence-corrected chi connectivity index (χ2v) is 5.77. The number of carbonyl (C=O) groups is 1. The molecule has 0 aromatic rings. The molecule has 1 heterocycles.